The number of hydrogen-bond donors (Lipinski definition) is 1. The lowest BCUT2D eigenvalue weighted by molar-refractivity contribution is 0.0697. The van der Waals surface area contributed by atoms with Crippen molar-refractivity contribution in [3.8, 4) is 5.75 Å². The number of hydrogen-bond acceptors (Lipinski definition) is 3. The Morgan fingerprint density at radius 3 is 2.43 bits per heavy atom. The fraction of sp³-hybridized carbons (Fsp3) is 0.588. The van der Waals surface area contributed by atoms with E-state index in [1.54, 1.807) is 24.3 Å². The van der Waals surface area contributed by atoms with Crippen molar-refractivity contribution < 1.29 is 14.6 Å². The summed E-state index contributed by atoms with van der Waals surface area (Å²) in [5.74, 6) is -0.191. The number of carbonyl (C=O) groups is 1. The molecule has 0 fully saturated rings. The van der Waals surface area contributed by atoms with Gasteiger partial charge in [-0.25, -0.2) is 4.79 Å². The maximum Gasteiger partial charge on any atom is 0.335 e. The number of carboxylic acids is 1. The summed E-state index contributed by atoms with van der Waals surface area (Å²) in [6.45, 7) is 9.28. The third-order valence-corrected chi connectivity index (χ3v) is 3.76. The van der Waals surface area contributed by atoms with Crippen molar-refractivity contribution in [3.05, 3.63) is 29.8 Å². The van der Waals surface area contributed by atoms with Crippen molar-refractivity contribution in [2.24, 2.45) is 0 Å². The Morgan fingerprint density at radius 2 is 1.90 bits per heavy atom. The van der Waals surface area contributed by atoms with Crippen LogP contribution in [0.5, 0.6) is 5.75 Å². The topological polar surface area (TPSA) is 49.8 Å². The predicted molar refractivity (Wildman–Crippen MR) is 85.1 cm³/mol. The van der Waals surface area contributed by atoms with E-state index in [1.807, 2.05) is 0 Å². The van der Waals surface area contributed by atoms with Gasteiger partial charge in [0.25, 0.3) is 0 Å². The molecule has 0 amide bonds. The Kier molecular flexibility index (Phi) is 7.83. The highest BCUT2D eigenvalue weighted by molar-refractivity contribution is 5.87. The van der Waals surface area contributed by atoms with Crippen molar-refractivity contribution in [3.63, 3.8) is 0 Å². The SMILES string of the molecule is CCCCN(CCOc1ccc(C(=O)O)cc1)C(C)CC. The summed E-state index contributed by atoms with van der Waals surface area (Å²) in [6.07, 6.45) is 3.54. The largest absolute Gasteiger partial charge is 0.492 e. The van der Waals surface area contributed by atoms with E-state index >= 15 is 0 Å². The summed E-state index contributed by atoms with van der Waals surface area (Å²) < 4.78 is 5.71. The van der Waals surface area contributed by atoms with Gasteiger partial charge in [-0.3, -0.25) is 4.90 Å². The molecule has 1 aromatic carbocycles. The quantitative estimate of drug-likeness (QED) is 0.715. The maximum atomic E-state index is 10.8. The average Bonchev–Trinajstić information content (AvgIpc) is 2.50. The van der Waals surface area contributed by atoms with E-state index in [0.29, 0.717) is 12.6 Å². The number of benzene rings is 1. The molecule has 0 aromatic heterocycles. The highest BCUT2D eigenvalue weighted by Crippen LogP contribution is 2.13. The normalized spacial score (nSPS) is 12.4. The van der Waals surface area contributed by atoms with Crippen LogP contribution in [0.1, 0.15) is 50.4 Å². The second-order valence-corrected chi connectivity index (χ2v) is 5.32. The lowest BCUT2D eigenvalue weighted by Gasteiger charge is -2.28. The van der Waals surface area contributed by atoms with Crippen LogP contribution in [0.15, 0.2) is 24.3 Å². The highest BCUT2D eigenvalue weighted by Gasteiger charge is 2.11. The van der Waals surface area contributed by atoms with Crippen LogP contribution in [-0.2, 0) is 0 Å². The minimum atomic E-state index is -0.913. The Labute approximate surface area is 127 Å². The molecule has 21 heavy (non-hydrogen) atoms. The number of aromatic carboxylic acids is 1. The fourth-order valence-corrected chi connectivity index (χ4v) is 2.15. The van der Waals surface area contributed by atoms with E-state index in [9.17, 15) is 4.79 Å². The molecule has 1 rings (SSSR count). The van der Waals surface area contributed by atoms with Crippen molar-refractivity contribution in [1.29, 1.82) is 0 Å². The number of rotatable bonds is 10. The van der Waals surface area contributed by atoms with Gasteiger partial charge in [0.05, 0.1) is 5.56 Å². The monoisotopic (exact) mass is 293 g/mol. The van der Waals surface area contributed by atoms with Crippen LogP contribution in [0.25, 0.3) is 0 Å². The number of carboxylic acid groups (broad SMARTS) is 1. The zero-order valence-electron chi connectivity index (χ0n) is 13.3. The van der Waals surface area contributed by atoms with Crippen molar-refractivity contribution in [1.82, 2.24) is 4.90 Å². The summed E-state index contributed by atoms with van der Waals surface area (Å²) in [4.78, 5) is 13.2. The van der Waals surface area contributed by atoms with Crippen LogP contribution in [0.3, 0.4) is 0 Å². The van der Waals surface area contributed by atoms with E-state index < -0.39 is 5.97 Å². The molecule has 1 atom stereocenters. The smallest absolute Gasteiger partial charge is 0.335 e. The molecule has 0 heterocycles. The molecule has 1 unspecified atom stereocenters. The van der Waals surface area contributed by atoms with Crippen molar-refractivity contribution >= 4 is 5.97 Å². The van der Waals surface area contributed by atoms with Crippen molar-refractivity contribution in [2.75, 3.05) is 19.7 Å². The Morgan fingerprint density at radius 1 is 1.24 bits per heavy atom. The van der Waals surface area contributed by atoms with Crippen LogP contribution in [0.4, 0.5) is 0 Å². The van der Waals surface area contributed by atoms with Gasteiger partial charge in [-0.1, -0.05) is 20.3 Å². The van der Waals surface area contributed by atoms with Crippen LogP contribution >= 0.6 is 0 Å². The number of ether oxygens (including phenoxy) is 1. The van der Waals surface area contributed by atoms with Crippen LogP contribution in [-0.4, -0.2) is 41.7 Å². The summed E-state index contributed by atoms with van der Waals surface area (Å²) in [5, 5.41) is 8.85. The number of unbranched alkanes of at least 4 members (excludes halogenated alkanes) is 1. The summed E-state index contributed by atoms with van der Waals surface area (Å²) in [6, 6.07) is 7.13. The first-order valence-electron chi connectivity index (χ1n) is 7.78. The lowest BCUT2D eigenvalue weighted by Crippen LogP contribution is -2.36. The summed E-state index contributed by atoms with van der Waals surface area (Å²) in [5.41, 5.74) is 0.284. The van der Waals surface area contributed by atoms with Gasteiger partial charge in [-0.15, -0.1) is 0 Å². The van der Waals surface area contributed by atoms with E-state index in [0.717, 1.165) is 25.3 Å². The molecular weight excluding hydrogens is 266 g/mol. The maximum absolute atomic E-state index is 10.8. The average molecular weight is 293 g/mol. The van der Waals surface area contributed by atoms with Crippen LogP contribution in [0.2, 0.25) is 0 Å². The van der Waals surface area contributed by atoms with E-state index in [4.69, 9.17) is 9.84 Å². The molecule has 0 aliphatic rings. The zero-order valence-corrected chi connectivity index (χ0v) is 13.3. The molecule has 0 saturated carbocycles. The number of nitrogens with zero attached hydrogens (tertiary/aromatic N) is 1. The Bertz CT molecular complexity index is 417. The molecular formula is C17H27NO3. The molecule has 0 aliphatic carbocycles. The van der Waals surface area contributed by atoms with Crippen LogP contribution < -0.4 is 4.74 Å². The highest BCUT2D eigenvalue weighted by atomic mass is 16.5. The Hall–Kier alpha value is -1.55. The van der Waals surface area contributed by atoms with Crippen LogP contribution in [0, 0.1) is 0 Å². The van der Waals surface area contributed by atoms with Gasteiger partial charge in [0.15, 0.2) is 0 Å². The van der Waals surface area contributed by atoms with Gasteiger partial charge in [0.2, 0.25) is 0 Å². The Balaban J connectivity index is 2.43. The molecule has 4 nitrogen and oxygen atoms in total. The van der Waals surface area contributed by atoms with Gasteiger partial charge in [-0.2, -0.15) is 0 Å². The van der Waals surface area contributed by atoms with Gasteiger partial charge < -0.3 is 9.84 Å². The first kappa shape index (κ1) is 17.5. The minimum Gasteiger partial charge on any atom is -0.492 e. The van der Waals surface area contributed by atoms with E-state index in [2.05, 4.69) is 25.7 Å². The van der Waals surface area contributed by atoms with Gasteiger partial charge >= 0.3 is 5.97 Å². The molecule has 0 bridgehead atoms. The first-order chi connectivity index (χ1) is 10.1. The van der Waals surface area contributed by atoms with E-state index in [-0.39, 0.29) is 5.56 Å². The fourth-order valence-electron chi connectivity index (χ4n) is 2.15. The third kappa shape index (κ3) is 6.17. The minimum absolute atomic E-state index is 0.284. The molecule has 1 N–H and O–H groups in total. The second-order valence-electron chi connectivity index (χ2n) is 5.32. The molecule has 1 aromatic rings. The molecule has 4 heteroatoms. The standard InChI is InChI=1S/C17H27NO3/c1-4-6-11-18(14(3)5-2)12-13-21-16-9-7-15(8-10-16)17(19)20/h7-10,14H,4-6,11-13H2,1-3H3,(H,19,20). The van der Waals surface area contributed by atoms with Gasteiger partial charge in [0, 0.05) is 12.6 Å². The third-order valence-electron chi connectivity index (χ3n) is 3.76. The predicted octanol–water partition coefficient (Wildman–Crippen LogP) is 3.66. The van der Waals surface area contributed by atoms with E-state index in [1.165, 1.54) is 12.8 Å². The summed E-state index contributed by atoms with van der Waals surface area (Å²) in [7, 11) is 0. The van der Waals surface area contributed by atoms with Gasteiger partial charge in [-0.05, 0) is 50.6 Å². The lowest BCUT2D eigenvalue weighted by atomic mass is 10.2. The molecule has 0 spiro atoms. The molecule has 0 saturated heterocycles. The molecule has 0 aliphatic heterocycles. The van der Waals surface area contributed by atoms with Crippen molar-refractivity contribution in [2.45, 2.75) is 46.1 Å². The van der Waals surface area contributed by atoms with Gasteiger partial charge in [0.1, 0.15) is 12.4 Å². The first-order valence-corrected chi connectivity index (χ1v) is 7.78. The second kappa shape index (κ2) is 9.40. The zero-order chi connectivity index (χ0) is 15.7. The summed E-state index contributed by atoms with van der Waals surface area (Å²) >= 11 is 0. The molecule has 118 valence electrons. The molecule has 0 radical (unpaired) electrons.